The molecule has 0 fully saturated rings. The predicted octanol–water partition coefficient (Wildman–Crippen LogP) is 3.20. The van der Waals surface area contributed by atoms with Gasteiger partial charge in [-0.05, 0) is 36.8 Å². The quantitative estimate of drug-likeness (QED) is 0.761. The molecule has 106 valence electrons. The number of halogens is 1. The number of benzene rings is 1. The van der Waals surface area contributed by atoms with E-state index in [2.05, 4.69) is 15.3 Å². The molecule has 0 radical (unpaired) electrons. The number of aromatic nitrogens is 2. The number of nitrogens with zero attached hydrogens (tertiary/aromatic N) is 1. The van der Waals surface area contributed by atoms with E-state index in [0.29, 0.717) is 26.1 Å². The van der Waals surface area contributed by atoms with E-state index >= 15 is 0 Å². The lowest BCUT2D eigenvalue weighted by Gasteiger charge is -2.05. The van der Waals surface area contributed by atoms with Crippen LogP contribution in [0.3, 0.4) is 0 Å². The summed E-state index contributed by atoms with van der Waals surface area (Å²) in [5.41, 5.74) is 1.77. The van der Waals surface area contributed by atoms with Gasteiger partial charge in [-0.25, -0.2) is 4.98 Å². The Hall–Kier alpha value is -2.18. The van der Waals surface area contributed by atoms with E-state index < -0.39 is 0 Å². The lowest BCUT2D eigenvalue weighted by atomic mass is 10.1. The molecule has 0 aliphatic heterocycles. The van der Waals surface area contributed by atoms with Crippen LogP contribution in [0.15, 0.2) is 35.1 Å². The Morgan fingerprint density at radius 1 is 1.33 bits per heavy atom. The van der Waals surface area contributed by atoms with Crippen molar-refractivity contribution in [3.05, 3.63) is 56.8 Å². The van der Waals surface area contributed by atoms with Crippen molar-refractivity contribution in [3.8, 4) is 0 Å². The van der Waals surface area contributed by atoms with Gasteiger partial charge < -0.3 is 4.98 Å². The number of carbonyl (C=O) groups is 1. The molecule has 0 spiro atoms. The number of carbonyl (C=O) groups excluding carboxylic acids is 1. The fourth-order valence-corrected chi connectivity index (χ4v) is 3.02. The van der Waals surface area contributed by atoms with Gasteiger partial charge in [0.1, 0.15) is 10.3 Å². The third-order valence-corrected chi connectivity index (χ3v) is 4.07. The number of anilines is 1. The zero-order chi connectivity index (χ0) is 15.0. The maximum absolute atomic E-state index is 12.2. The van der Waals surface area contributed by atoms with Crippen LogP contribution in [0, 0.1) is 6.92 Å². The Balaban J connectivity index is 1.90. The summed E-state index contributed by atoms with van der Waals surface area (Å²) in [6.07, 6.45) is 0. The number of fused-ring (bicyclic) bond motifs is 1. The molecule has 21 heavy (non-hydrogen) atoms. The van der Waals surface area contributed by atoms with Crippen molar-refractivity contribution < 1.29 is 4.79 Å². The van der Waals surface area contributed by atoms with Crippen molar-refractivity contribution in [3.63, 3.8) is 0 Å². The van der Waals surface area contributed by atoms with Crippen molar-refractivity contribution >= 4 is 44.3 Å². The standard InChI is InChI=1S/C14H10ClN3O2S/c1-7-6-8(15)2-3-9(7)12(20)18-14-16-10-4-5-11(19)17-13(10)21-14/h2-6H,1H3,(H,17,19)(H,16,18,20). The molecular formula is C14H10ClN3O2S. The Morgan fingerprint density at radius 2 is 2.14 bits per heavy atom. The number of aromatic amines is 1. The molecule has 3 rings (SSSR count). The zero-order valence-electron chi connectivity index (χ0n) is 10.9. The number of hydrogen-bond donors (Lipinski definition) is 2. The minimum Gasteiger partial charge on any atom is -0.312 e. The molecule has 0 unspecified atom stereocenters. The van der Waals surface area contributed by atoms with E-state index in [-0.39, 0.29) is 11.5 Å². The van der Waals surface area contributed by atoms with Gasteiger partial charge in [0.15, 0.2) is 5.13 Å². The molecule has 2 N–H and O–H groups in total. The molecule has 1 amide bonds. The molecule has 5 nitrogen and oxygen atoms in total. The second kappa shape index (κ2) is 5.31. The minimum absolute atomic E-state index is 0.197. The Kier molecular flexibility index (Phi) is 3.48. The lowest BCUT2D eigenvalue weighted by molar-refractivity contribution is 0.102. The number of thiazole rings is 1. The molecule has 0 aliphatic carbocycles. The SMILES string of the molecule is Cc1cc(Cl)ccc1C(=O)Nc1nc2ccc(=O)[nH]c2s1. The summed E-state index contributed by atoms with van der Waals surface area (Å²) in [6.45, 7) is 1.82. The Bertz CT molecular complexity index is 901. The van der Waals surface area contributed by atoms with Crippen LogP contribution in [0.2, 0.25) is 5.02 Å². The van der Waals surface area contributed by atoms with Gasteiger partial charge in [0.25, 0.3) is 5.91 Å². The largest absolute Gasteiger partial charge is 0.312 e. The molecule has 0 atom stereocenters. The highest BCUT2D eigenvalue weighted by molar-refractivity contribution is 7.21. The fraction of sp³-hybridized carbons (Fsp3) is 0.0714. The van der Waals surface area contributed by atoms with Gasteiger partial charge in [-0.1, -0.05) is 22.9 Å². The zero-order valence-corrected chi connectivity index (χ0v) is 12.5. The first kappa shape index (κ1) is 13.8. The Morgan fingerprint density at radius 3 is 2.90 bits per heavy atom. The molecule has 1 aromatic carbocycles. The maximum atomic E-state index is 12.2. The van der Waals surface area contributed by atoms with Crippen LogP contribution in [0.25, 0.3) is 10.3 Å². The third kappa shape index (κ3) is 2.81. The molecule has 0 bridgehead atoms. The fourth-order valence-electron chi connectivity index (χ4n) is 1.94. The molecule has 0 saturated heterocycles. The average molecular weight is 320 g/mol. The van der Waals surface area contributed by atoms with Crippen LogP contribution in [-0.4, -0.2) is 15.9 Å². The van der Waals surface area contributed by atoms with Crippen molar-refractivity contribution in [2.45, 2.75) is 6.92 Å². The maximum Gasteiger partial charge on any atom is 0.257 e. The van der Waals surface area contributed by atoms with Crippen LogP contribution in [0.1, 0.15) is 15.9 Å². The number of H-pyrrole nitrogens is 1. The van der Waals surface area contributed by atoms with Crippen LogP contribution in [-0.2, 0) is 0 Å². The van der Waals surface area contributed by atoms with Crippen molar-refractivity contribution in [1.82, 2.24) is 9.97 Å². The number of rotatable bonds is 2. The summed E-state index contributed by atoms with van der Waals surface area (Å²) >= 11 is 7.09. The van der Waals surface area contributed by atoms with Gasteiger partial charge in [-0.3, -0.25) is 14.9 Å². The van der Waals surface area contributed by atoms with E-state index in [1.165, 1.54) is 17.4 Å². The topological polar surface area (TPSA) is 74.8 Å². The monoisotopic (exact) mass is 319 g/mol. The van der Waals surface area contributed by atoms with Gasteiger partial charge in [-0.2, -0.15) is 0 Å². The van der Waals surface area contributed by atoms with Crippen molar-refractivity contribution in [2.75, 3.05) is 5.32 Å². The normalized spacial score (nSPS) is 10.8. The van der Waals surface area contributed by atoms with Crippen molar-refractivity contribution in [1.29, 1.82) is 0 Å². The van der Waals surface area contributed by atoms with Crippen LogP contribution < -0.4 is 10.9 Å². The first-order valence-electron chi connectivity index (χ1n) is 6.10. The molecule has 0 aliphatic rings. The first-order valence-corrected chi connectivity index (χ1v) is 7.30. The highest BCUT2D eigenvalue weighted by atomic mass is 35.5. The van der Waals surface area contributed by atoms with Gasteiger partial charge >= 0.3 is 0 Å². The van der Waals surface area contributed by atoms with Gasteiger partial charge in [0, 0.05) is 16.7 Å². The van der Waals surface area contributed by atoms with E-state index in [1.54, 1.807) is 24.3 Å². The summed E-state index contributed by atoms with van der Waals surface area (Å²) in [7, 11) is 0. The minimum atomic E-state index is -0.259. The van der Waals surface area contributed by atoms with E-state index in [4.69, 9.17) is 11.6 Å². The van der Waals surface area contributed by atoms with Gasteiger partial charge in [-0.15, -0.1) is 0 Å². The molecule has 7 heteroatoms. The summed E-state index contributed by atoms with van der Waals surface area (Å²) in [5, 5.41) is 3.75. The summed E-state index contributed by atoms with van der Waals surface area (Å²) < 4.78 is 0. The highest BCUT2D eigenvalue weighted by Crippen LogP contribution is 2.24. The van der Waals surface area contributed by atoms with Gasteiger partial charge in [0.05, 0.1) is 0 Å². The summed E-state index contributed by atoms with van der Waals surface area (Å²) in [5.74, 6) is -0.259. The predicted molar refractivity (Wildman–Crippen MR) is 84.4 cm³/mol. The van der Waals surface area contributed by atoms with Crippen molar-refractivity contribution in [2.24, 2.45) is 0 Å². The molecule has 2 heterocycles. The smallest absolute Gasteiger partial charge is 0.257 e. The van der Waals surface area contributed by atoms with Crippen LogP contribution in [0.4, 0.5) is 5.13 Å². The molecular weight excluding hydrogens is 310 g/mol. The number of hydrogen-bond acceptors (Lipinski definition) is 4. The Labute approximate surface area is 128 Å². The molecule has 2 aromatic heterocycles. The number of pyridine rings is 1. The molecule has 3 aromatic rings. The lowest BCUT2D eigenvalue weighted by Crippen LogP contribution is -2.13. The summed E-state index contributed by atoms with van der Waals surface area (Å²) in [4.78, 5) is 31.0. The second-order valence-corrected chi connectivity index (χ2v) is 5.90. The first-order chi connectivity index (χ1) is 10.0. The second-order valence-electron chi connectivity index (χ2n) is 4.47. The van der Waals surface area contributed by atoms with Crippen LogP contribution >= 0.6 is 22.9 Å². The van der Waals surface area contributed by atoms with Crippen LogP contribution in [0.5, 0.6) is 0 Å². The highest BCUT2D eigenvalue weighted by Gasteiger charge is 2.12. The number of aryl methyl sites for hydroxylation is 1. The van der Waals surface area contributed by atoms with E-state index in [1.807, 2.05) is 6.92 Å². The average Bonchev–Trinajstić information content (AvgIpc) is 2.79. The molecule has 0 saturated carbocycles. The van der Waals surface area contributed by atoms with E-state index in [0.717, 1.165) is 5.56 Å². The number of amides is 1. The summed E-state index contributed by atoms with van der Waals surface area (Å²) in [6, 6.07) is 8.08. The third-order valence-electron chi connectivity index (χ3n) is 2.94. The van der Waals surface area contributed by atoms with Gasteiger partial charge in [0.2, 0.25) is 5.56 Å². The van der Waals surface area contributed by atoms with E-state index in [9.17, 15) is 9.59 Å². The number of nitrogens with one attached hydrogen (secondary N) is 2.